The molecule has 0 unspecified atom stereocenters. The van der Waals surface area contributed by atoms with Gasteiger partial charge in [0, 0.05) is 11.8 Å². The molecule has 0 aliphatic heterocycles. The fourth-order valence-electron chi connectivity index (χ4n) is 2.17. The van der Waals surface area contributed by atoms with Crippen LogP contribution >= 0.6 is 0 Å². The molecule has 0 saturated carbocycles. The molecule has 130 valence electrons. The first-order chi connectivity index (χ1) is 12.0. The molecule has 0 saturated heterocycles. The molecule has 0 aliphatic rings. The zero-order valence-corrected chi connectivity index (χ0v) is 14.6. The third kappa shape index (κ3) is 5.49. The number of hydrogen-bond donors (Lipinski definition) is 2. The lowest BCUT2D eigenvalue weighted by Crippen LogP contribution is -2.40. The van der Waals surface area contributed by atoms with Gasteiger partial charge >= 0.3 is 0 Å². The summed E-state index contributed by atoms with van der Waals surface area (Å²) in [6, 6.07) is 14.2. The van der Waals surface area contributed by atoms with E-state index in [0.717, 1.165) is 22.6 Å². The first-order valence-corrected chi connectivity index (χ1v) is 7.98. The lowest BCUT2D eigenvalue weighted by molar-refractivity contribution is -0.123. The zero-order valence-electron chi connectivity index (χ0n) is 14.6. The zero-order chi connectivity index (χ0) is 18.2. The summed E-state index contributed by atoms with van der Waals surface area (Å²) in [4.78, 5) is 24.2. The van der Waals surface area contributed by atoms with Gasteiger partial charge in [0.2, 0.25) is 11.8 Å². The Morgan fingerprint density at radius 3 is 2.40 bits per heavy atom. The SMILES string of the molecule is COc1ccc(/C=C/C(=O)N[C@H](C)C(=O)Nc2ccccc2C)cc1. The van der Waals surface area contributed by atoms with E-state index in [9.17, 15) is 9.59 Å². The van der Waals surface area contributed by atoms with Crippen LogP contribution in [0.5, 0.6) is 5.75 Å². The van der Waals surface area contributed by atoms with Crippen molar-refractivity contribution in [3.05, 3.63) is 65.7 Å². The van der Waals surface area contributed by atoms with Crippen molar-refractivity contribution in [3.8, 4) is 5.75 Å². The van der Waals surface area contributed by atoms with Crippen LogP contribution < -0.4 is 15.4 Å². The van der Waals surface area contributed by atoms with Crippen LogP contribution in [0.1, 0.15) is 18.1 Å². The molecule has 2 amide bonds. The molecule has 0 aliphatic carbocycles. The normalized spacial score (nSPS) is 11.8. The van der Waals surface area contributed by atoms with Crippen LogP contribution in [0.3, 0.4) is 0 Å². The van der Waals surface area contributed by atoms with E-state index in [-0.39, 0.29) is 11.8 Å². The van der Waals surface area contributed by atoms with Crippen molar-refractivity contribution in [2.45, 2.75) is 19.9 Å². The number of nitrogens with one attached hydrogen (secondary N) is 2. The lowest BCUT2D eigenvalue weighted by Gasteiger charge is -2.14. The minimum atomic E-state index is -0.646. The maximum Gasteiger partial charge on any atom is 0.246 e. The molecule has 5 heteroatoms. The molecule has 25 heavy (non-hydrogen) atoms. The molecule has 0 radical (unpaired) electrons. The predicted molar refractivity (Wildman–Crippen MR) is 99.4 cm³/mol. The van der Waals surface area contributed by atoms with Gasteiger partial charge in [-0.15, -0.1) is 0 Å². The van der Waals surface area contributed by atoms with Crippen molar-refractivity contribution in [3.63, 3.8) is 0 Å². The Labute approximate surface area is 147 Å². The Kier molecular flexibility index (Phi) is 6.34. The summed E-state index contributed by atoms with van der Waals surface area (Å²) in [5.74, 6) is 0.159. The fourth-order valence-corrected chi connectivity index (χ4v) is 2.17. The Bertz CT molecular complexity index is 767. The highest BCUT2D eigenvalue weighted by molar-refractivity contribution is 6.00. The molecule has 0 aromatic heterocycles. The summed E-state index contributed by atoms with van der Waals surface area (Å²) in [6.07, 6.45) is 3.08. The topological polar surface area (TPSA) is 67.4 Å². The van der Waals surface area contributed by atoms with Gasteiger partial charge in [-0.1, -0.05) is 30.3 Å². The number of hydrogen-bond acceptors (Lipinski definition) is 3. The first-order valence-electron chi connectivity index (χ1n) is 7.98. The molecule has 2 rings (SSSR count). The minimum Gasteiger partial charge on any atom is -0.497 e. The Balaban J connectivity index is 1.89. The van der Waals surface area contributed by atoms with Gasteiger partial charge in [0.15, 0.2) is 0 Å². The molecule has 1 atom stereocenters. The van der Waals surface area contributed by atoms with E-state index in [1.807, 2.05) is 55.5 Å². The minimum absolute atomic E-state index is 0.263. The van der Waals surface area contributed by atoms with Gasteiger partial charge in [0.25, 0.3) is 0 Å². The quantitative estimate of drug-likeness (QED) is 0.795. The number of amides is 2. The number of methoxy groups -OCH3 is 1. The van der Waals surface area contributed by atoms with Gasteiger partial charge in [-0.3, -0.25) is 9.59 Å². The highest BCUT2D eigenvalue weighted by Gasteiger charge is 2.15. The van der Waals surface area contributed by atoms with E-state index in [2.05, 4.69) is 10.6 Å². The Hall–Kier alpha value is -3.08. The molecule has 0 heterocycles. The monoisotopic (exact) mass is 338 g/mol. The van der Waals surface area contributed by atoms with Crippen LogP contribution in [-0.4, -0.2) is 25.0 Å². The molecular weight excluding hydrogens is 316 g/mol. The van der Waals surface area contributed by atoms with E-state index in [1.165, 1.54) is 6.08 Å². The summed E-state index contributed by atoms with van der Waals surface area (Å²) in [5.41, 5.74) is 2.57. The number of rotatable bonds is 6. The number of carbonyl (C=O) groups is 2. The largest absolute Gasteiger partial charge is 0.497 e. The number of anilines is 1. The van der Waals surface area contributed by atoms with E-state index < -0.39 is 6.04 Å². The van der Waals surface area contributed by atoms with Crippen LogP contribution in [0, 0.1) is 6.92 Å². The Morgan fingerprint density at radius 1 is 1.08 bits per heavy atom. The lowest BCUT2D eigenvalue weighted by atomic mass is 10.2. The molecule has 2 N–H and O–H groups in total. The van der Waals surface area contributed by atoms with Crippen molar-refractivity contribution in [1.29, 1.82) is 0 Å². The first kappa shape index (κ1) is 18.3. The average molecular weight is 338 g/mol. The maximum atomic E-state index is 12.2. The third-order valence-corrected chi connectivity index (χ3v) is 3.70. The number of benzene rings is 2. The van der Waals surface area contributed by atoms with Crippen LogP contribution in [0.15, 0.2) is 54.6 Å². The summed E-state index contributed by atoms with van der Waals surface area (Å²) in [5, 5.41) is 5.46. The number of para-hydroxylation sites is 1. The van der Waals surface area contributed by atoms with Crippen molar-refractivity contribution >= 4 is 23.6 Å². The van der Waals surface area contributed by atoms with Crippen LogP contribution in [0.4, 0.5) is 5.69 Å². The molecule has 2 aromatic rings. The second kappa shape index (κ2) is 8.68. The van der Waals surface area contributed by atoms with Crippen LogP contribution in [0.25, 0.3) is 6.08 Å². The van der Waals surface area contributed by atoms with E-state index in [1.54, 1.807) is 20.1 Å². The van der Waals surface area contributed by atoms with Gasteiger partial charge in [-0.05, 0) is 49.2 Å². The third-order valence-electron chi connectivity index (χ3n) is 3.70. The summed E-state index contributed by atoms with van der Waals surface area (Å²) < 4.78 is 5.08. The molecule has 0 spiro atoms. The van der Waals surface area contributed by atoms with Gasteiger partial charge in [-0.2, -0.15) is 0 Å². The summed E-state index contributed by atoms with van der Waals surface area (Å²) in [7, 11) is 1.60. The maximum absolute atomic E-state index is 12.2. The molecule has 0 fully saturated rings. The average Bonchev–Trinajstić information content (AvgIpc) is 2.62. The van der Waals surface area contributed by atoms with Gasteiger partial charge in [0.1, 0.15) is 11.8 Å². The molecule has 5 nitrogen and oxygen atoms in total. The number of ether oxygens (including phenoxy) is 1. The second-order valence-electron chi connectivity index (χ2n) is 5.64. The van der Waals surface area contributed by atoms with Crippen LogP contribution in [0.2, 0.25) is 0 Å². The van der Waals surface area contributed by atoms with Gasteiger partial charge < -0.3 is 15.4 Å². The molecular formula is C20H22N2O3. The highest BCUT2D eigenvalue weighted by atomic mass is 16.5. The van der Waals surface area contributed by atoms with E-state index in [0.29, 0.717) is 0 Å². The molecule has 2 aromatic carbocycles. The standard InChI is InChI=1S/C20H22N2O3/c1-14-6-4-5-7-18(14)22-20(24)15(2)21-19(23)13-10-16-8-11-17(25-3)12-9-16/h4-13,15H,1-3H3,(H,21,23)(H,22,24)/b13-10+/t15-/m1/s1. The highest BCUT2D eigenvalue weighted by Crippen LogP contribution is 2.14. The Morgan fingerprint density at radius 2 is 1.76 bits per heavy atom. The predicted octanol–water partition coefficient (Wildman–Crippen LogP) is 3.16. The van der Waals surface area contributed by atoms with Crippen molar-refractivity contribution in [2.75, 3.05) is 12.4 Å². The van der Waals surface area contributed by atoms with Crippen molar-refractivity contribution in [1.82, 2.24) is 5.32 Å². The fraction of sp³-hybridized carbons (Fsp3) is 0.200. The smallest absolute Gasteiger partial charge is 0.246 e. The number of aryl methyl sites for hydroxylation is 1. The van der Waals surface area contributed by atoms with Gasteiger partial charge in [-0.25, -0.2) is 0 Å². The van der Waals surface area contributed by atoms with Gasteiger partial charge in [0.05, 0.1) is 7.11 Å². The van der Waals surface area contributed by atoms with E-state index in [4.69, 9.17) is 4.74 Å². The van der Waals surface area contributed by atoms with E-state index >= 15 is 0 Å². The summed E-state index contributed by atoms with van der Waals surface area (Å²) in [6.45, 7) is 3.56. The van der Waals surface area contributed by atoms with Crippen molar-refractivity contribution < 1.29 is 14.3 Å². The summed E-state index contributed by atoms with van der Waals surface area (Å²) >= 11 is 0. The second-order valence-corrected chi connectivity index (χ2v) is 5.64. The molecule has 0 bridgehead atoms. The van der Waals surface area contributed by atoms with Crippen molar-refractivity contribution in [2.24, 2.45) is 0 Å². The number of carbonyl (C=O) groups excluding carboxylic acids is 2. The van der Waals surface area contributed by atoms with Crippen LogP contribution in [-0.2, 0) is 9.59 Å².